The van der Waals surface area contributed by atoms with E-state index in [1.807, 2.05) is 21.1 Å². The second-order valence-electron chi connectivity index (χ2n) is 4.85. The molecule has 15 heavy (non-hydrogen) atoms. The zero-order chi connectivity index (χ0) is 11.5. The van der Waals surface area contributed by atoms with E-state index in [1.165, 1.54) is 6.42 Å². The van der Waals surface area contributed by atoms with Gasteiger partial charge in [0.05, 0.1) is 11.3 Å². The number of hydrogen-bond acceptors (Lipinski definition) is 4. The minimum absolute atomic E-state index is 0.0172. The summed E-state index contributed by atoms with van der Waals surface area (Å²) >= 11 is 0. The van der Waals surface area contributed by atoms with Gasteiger partial charge in [0.25, 0.3) is 0 Å². The van der Waals surface area contributed by atoms with Crippen LogP contribution in [0.1, 0.15) is 32.6 Å². The van der Waals surface area contributed by atoms with Crippen LogP contribution in [0.3, 0.4) is 0 Å². The molecule has 1 fully saturated rings. The van der Waals surface area contributed by atoms with Gasteiger partial charge >= 0.3 is 0 Å². The lowest BCUT2D eigenvalue weighted by Crippen LogP contribution is -2.68. The van der Waals surface area contributed by atoms with E-state index in [0.717, 1.165) is 19.3 Å². The van der Waals surface area contributed by atoms with Gasteiger partial charge in [-0.3, -0.25) is 0 Å². The fourth-order valence-electron chi connectivity index (χ4n) is 2.75. The number of hydrogen-bond donors (Lipinski definition) is 4. The minimum Gasteiger partial charge on any atom is -0.313 e. The van der Waals surface area contributed by atoms with Crippen molar-refractivity contribution in [2.24, 2.45) is 11.7 Å². The normalized spacial score (nSPS) is 35.4. The lowest BCUT2D eigenvalue weighted by atomic mass is 9.74. The highest BCUT2D eigenvalue weighted by Gasteiger charge is 2.43. The molecule has 0 heterocycles. The fourth-order valence-corrected chi connectivity index (χ4v) is 2.75. The Morgan fingerprint density at radius 3 is 2.13 bits per heavy atom. The van der Waals surface area contributed by atoms with Crippen molar-refractivity contribution in [1.82, 2.24) is 16.0 Å². The van der Waals surface area contributed by atoms with E-state index in [1.54, 1.807) is 0 Å². The predicted octanol–water partition coefficient (Wildman–Crippen LogP) is 0.206. The summed E-state index contributed by atoms with van der Waals surface area (Å²) in [5.74, 6) is 0.677. The first-order chi connectivity index (χ1) is 7.03. The van der Waals surface area contributed by atoms with Gasteiger partial charge in [0, 0.05) is 6.42 Å². The van der Waals surface area contributed by atoms with Crippen molar-refractivity contribution >= 4 is 0 Å². The van der Waals surface area contributed by atoms with E-state index < -0.39 is 0 Å². The molecular formula is C11H26N4. The molecule has 1 aliphatic rings. The third kappa shape index (κ3) is 2.69. The molecule has 1 rings (SSSR count). The zero-order valence-corrected chi connectivity index (χ0v) is 10.5. The molecule has 0 aromatic heterocycles. The maximum absolute atomic E-state index is 6.36. The Hall–Kier alpha value is -0.160. The first kappa shape index (κ1) is 12.9. The van der Waals surface area contributed by atoms with Crippen LogP contribution in [-0.2, 0) is 0 Å². The third-order valence-electron chi connectivity index (χ3n) is 3.94. The third-order valence-corrected chi connectivity index (χ3v) is 3.94. The fraction of sp³-hybridized carbons (Fsp3) is 1.00. The Bertz CT molecular complexity index is 203. The van der Waals surface area contributed by atoms with Gasteiger partial charge in [0.1, 0.15) is 0 Å². The predicted molar refractivity (Wildman–Crippen MR) is 64.5 cm³/mol. The van der Waals surface area contributed by atoms with Gasteiger partial charge in [0.2, 0.25) is 0 Å². The number of nitrogens with two attached hydrogens (primary N) is 1. The summed E-state index contributed by atoms with van der Waals surface area (Å²) in [6, 6.07) is 0. The molecule has 0 saturated heterocycles. The second-order valence-corrected chi connectivity index (χ2v) is 4.85. The van der Waals surface area contributed by atoms with Gasteiger partial charge < -0.3 is 21.7 Å². The van der Waals surface area contributed by atoms with Crippen LogP contribution in [0.15, 0.2) is 0 Å². The van der Waals surface area contributed by atoms with Gasteiger partial charge in [-0.25, -0.2) is 0 Å². The Kier molecular flexibility index (Phi) is 4.12. The molecule has 0 amide bonds. The molecule has 0 aliphatic heterocycles. The van der Waals surface area contributed by atoms with Gasteiger partial charge in [0.15, 0.2) is 0 Å². The van der Waals surface area contributed by atoms with Gasteiger partial charge in [-0.1, -0.05) is 13.3 Å². The van der Waals surface area contributed by atoms with Crippen molar-refractivity contribution in [2.45, 2.75) is 43.9 Å². The van der Waals surface area contributed by atoms with Crippen LogP contribution in [0.2, 0.25) is 0 Å². The molecule has 0 aromatic rings. The van der Waals surface area contributed by atoms with Crippen LogP contribution in [0, 0.1) is 5.92 Å². The number of rotatable bonds is 4. The highest BCUT2D eigenvalue weighted by Crippen LogP contribution is 2.35. The molecule has 4 nitrogen and oxygen atoms in total. The van der Waals surface area contributed by atoms with E-state index >= 15 is 0 Å². The molecule has 0 radical (unpaired) electrons. The summed E-state index contributed by atoms with van der Waals surface area (Å²) in [5, 5.41) is 10.0. The minimum atomic E-state index is -0.245. The van der Waals surface area contributed by atoms with Crippen LogP contribution in [-0.4, -0.2) is 32.5 Å². The second kappa shape index (κ2) is 4.78. The van der Waals surface area contributed by atoms with E-state index in [2.05, 4.69) is 22.9 Å². The highest BCUT2D eigenvalue weighted by molar-refractivity contribution is 5.01. The quantitative estimate of drug-likeness (QED) is 0.505. The van der Waals surface area contributed by atoms with Crippen molar-refractivity contribution in [1.29, 1.82) is 0 Å². The standard InChI is InChI=1S/C11H26N4/c1-5-9-6-10(12,13-2)8-11(7-9,14-3)15-4/h9,13-15H,5-8,12H2,1-4H3. The molecule has 2 atom stereocenters. The summed E-state index contributed by atoms with van der Waals surface area (Å²) in [7, 11) is 5.96. The van der Waals surface area contributed by atoms with Crippen molar-refractivity contribution < 1.29 is 0 Å². The average molecular weight is 214 g/mol. The van der Waals surface area contributed by atoms with Crippen LogP contribution in [0.4, 0.5) is 0 Å². The van der Waals surface area contributed by atoms with Crippen molar-refractivity contribution in [3.8, 4) is 0 Å². The van der Waals surface area contributed by atoms with Crippen molar-refractivity contribution in [2.75, 3.05) is 21.1 Å². The summed E-state index contributed by atoms with van der Waals surface area (Å²) in [6.07, 6.45) is 4.31. The van der Waals surface area contributed by atoms with Crippen LogP contribution < -0.4 is 21.7 Å². The Labute approximate surface area is 93.4 Å². The van der Waals surface area contributed by atoms with E-state index in [0.29, 0.717) is 5.92 Å². The molecular weight excluding hydrogens is 188 g/mol. The molecule has 4 heteroatoms. The van der Waals surface area contributed by atoms with Crippen LogP contribution in [0.25, 0.3) is 0 Å². The smallest absolute Gasteiger partial charge is 0.0715 e. The van der Waals surface area contributed by atoms with Crippen molar-refractivity contribution in [3.05, 3.63) is 0 Å². The topological polar surface area (TPSA) is 62.1 Å². The summed E-state index contributed by atoms with van der Waals surface area (Å²) in [5.41, 5.74) is 6.10. The lowest BCUT2D eigenvalue weighted by Gasteiger charge is -2.49. The Balaban J connectivity index is 2.83. The molecule has 2 unspecified atom stereocenters. The van der Waals surface area contributed by atoms with Gasteiger partial charge in [-0.2, -0.15) is 0 Å². The largest absolute Gasteiger partial charge is 0.313 e. The molecule has 1 aliphatic carbocycles. The molecule has 0 spiro atoms. The molecule has 1 saturated carbocycles. The van der Waals surface area contributed by atoms with Gasteiger partial charge in [-0.15, -0.1) is 0 Å². The summed E-state index contributed by atoms with van der Waals surface area (Å²) < 4.78 is 0. The monoisotopic (exact) mass is 214 g/mol. The van der Waals surface area contributed by atoms with Crippen molar-refractivity contribution in [3.63, 3.8) is 0 Å². The molecule has 90 valence electrons. The summed E-state index contributed by atoms with van der Waals surface area (Å²) in [4.78, 5) is 0. The van der Waals surface area contributed by atoms with Gasteiger partial charge in [-0.05, 0) is 39.9 Å². The first-order valence-corrected chi connectivity index (χ1v) is 5.88. The number of nitrogens with one attached hydrogen (secondary N) is 3. The maximum atomic E-state index is 6.36. The lowest BCUT2D eigenvalue weighted by molar-refractivity contribution is 0.0740. The zero-order valence-electron chi connectivity index (χ0n) is 10.5. The van der Waals surface area contributed by atoms with E-state index in [-0.39, 0.29) is 11.3 Å². The molecule has 0 bridgehead atoms. The van der Waals surface area contributed by atoms with Crippen LogP contribution >= 0.6 is 0 Å². The molecule has 5 N–H and O–H groups in total. The summed E-state index contributed by atoms with van der Waals surface area (Å²) in [6.45, 7) is 2.24. The van der Waals surface area contributed by atoms with Crippen LogP contribution in [0.5, 0.6) is 0 Å². The Morgan fingerprint density at radius 2 is 1.73 bits per heavy atom. The average Bonchev–Trinajstić information content (AvgIpc) is 2.28. The SMILES string of the molecule is CCC1CC(N)(NC)CC(NC)(NC)C1. The Morgan fingerprint density at radius 1 is 1.13 bits per heavy atom. The molecule has 0 aromatic carbocycles. The maximum Gasteiger partial charge on any atom is 0.0715 e. The van der Waals surface area contributed by atoms with E-state index in [9.17, 15) is 0 Å². The highest BCUT2D eigenvalue weighted by atomic mass is 15.2. The van der Waals surface area contributed by atoms with E-state index in [4.69, 9.17) is 5.73 Å². The first-order valence-electron chi connectivity index (χ1n) is 5.88.